The summed E-state index contributed by atoms with van der Waals surface area (Å²) < 4.78 is 4.48. The van der Waals surface area contributed by atoms with Crippen molar-refractivity contribution in [3.05, 3.63) is 32.5 Å². The Balaban J connectivity index is 0.00000101. The van der Waals surface area contributed by atoms with Crippen molar-refractivity contribution >= 4 is 40.3 Å². The van der Waals surface area contributed by atoms with E-state index in [-0.39, 0.29) is 28.7 Å². The van der Waals surface area contributed by atoms with Crippen LogP contribution in [0.2, 0.25) is 0 Å². The zero-order chi connectivity index (χ0) is 22.6. The number of nitrogens with two attached hydrogens (primary N) is 1. The van der Waals surface area contributed by atoms with Crippen LogP contribution in [0, 0.1) is 0 Å². The molecule has 1 aliphatic rings. The molecule has 168 valence electrons. The number of hydrogen-bond acceptors (Lipinski definition) is 5. The van der Waals surface area contributed by atoms with Crippen LogP contribution in [0.15, 0.2) is 21.2 Å². The standard InChI is InChI=1S/C19H30N6O2.CH2Cl2/c1-12(2)10-11-25-15-16(23(4)19(27)24(5)17(15)26)21-18(25)22(3)14-9-7-6-8-13(14)20;2-1-3/h10,13-14H,6-9,11,20H2,1-5H3;1H2/t13-,14+;/m0./s1. The van der Waals surface area contributed by atoms with E-state index >= 15 is 0 Å². The van der Waals surface area contributed by atoms with Crippen LogP contribution in [0.3, 0.4) is 0 Å². The van der Waals surface area contributed by atoms with E-state index in [1.165, 1.54) is 11.6 Å². The Hall–Kier alpha value is -1.77. The van der Waals surface area contributed by atoms with Gasteiger partial charge in [-0.1, -0.05) is 24.5 Å². The highest BCUT2D eigenvalue weighted by molar-refractivity contribution is 6.40. The Morgan fingerprint density at radius 1 is 1.20 bits per heavy atom. The second-order valence-electron chi connectivity index (χ2n) is 7.91. The molecule has 0 unspecified atom stereocenters. The van der Waals surface area contributed by atoms with Gasteiger partial charge in [-0.25, -0.2) is 4.79 Å². The van der Waals surface area contributed by atoms with Crippen molar-refractivity contribution in [3.63, 3.8) is 0 Å². The van der Waals surface area contributed by atoms with Gasteiger partial charge < -0.3 is 15.2 Å². The fourth-order valence-electron chi connectivity index (χ4n) is 3.92. The van der Waals surface area contributed by atoms with E-state index in [2.05, 4.69) is 11.0 Å². The highest BCUT2D eigenvalue weighted by Crippen LogP contribution is 2.27. The molecule has 0 radical (unpaired) electrons. The average Bonchev–Trinajstić information content (AvgIpc) is 3.09. The molecule has 8 nitrogen and oxygen atoms in total. The molecule has 2 heterocycles. The van der Waals surface area contributed by atoms with Gasteiger partial charge in [0.15, 0.2) is 11.2 Å². The number of imidazole rings is 1. The van der Waals surface area contributed by atoms with Crippen LogP contribution >= 0.6 is 23.2 Å². The molecule has 1 aliphatic carbocycles. The lowest BCUT2D eigenvalue weighted by molar-refractivity contribution is 0.369. The zero-order valence-corrected chi connectivity index (χ0v) is 19.9. The Morgan fingerprint density at radius 3 is 2.37 bits per heavy atom. The largest absolute Gasteiger partial charge is 0.341 e. The van der Waals surface area contributed by atoms with Crippen molar-refractivity contribution in [3.8, 4) is 0 Å². The van der Waals surface area contributed by atoms with Gasteiger partial charge in [0.2, 0.25) is 5.95 Å². The molecule has 1 saturated carbocycles. The molecule has 0 aromatic carbocycles. The molecule has 2 aromatic heterocycles. The van der Waals surface area contributed by atoms with Crippen molar-refractivity contribution in [2.24, 2.45) is 19.8 Å². The first-order valence-electron chi connectivity index (χ1n) is 10.1. The SMILES string of the molecule is CC(C)=CCn1c(N(C)[C@@H]2CCCC[C@@H]2N)nc2c1c(=O)n(C)c(=O)n2C.ClCCl. The topological polar surface area (TPSA) is 91.1 Å². The lowest BCUT2D eigenvalue weighted by Crippen LogP contribution is -2.49. The summed E-state index contributed by atoms with van der Waals surface area (Å²) in [4.78, 5) is 32.0. The van der Waals surface area contributed by atoms with Crippen molar-refractivity contribution in [2.45, 2.75) is 58.2 Å². The number of hydrogen-bond donors (Lipinski definition) is 1. The highest BCUT2D eigenvalue weighted by Gasteiger charge is 2.29. The van der Waals surface area contributed by atoms with Crippen LogP contribution < -0.4 is 21.9 Å². The summed E-state index contributed by atoms with van der Waals surface area (Å²) in [6, 6.07) is 0.244. The van der Waals surface area contributed by atoms with Gasteiger partial charge in [-0.3, -0.25) is 13.9 Å². The Morgan fingerprint density at radius 2 is 1.80 bits per heavy atom. The summed E-state index contributed by atoms with van der Waals surface area (Å²) in [5.74, 6) is 0.683. The van der Waals surface area contributed by atoms with Gasteiger partial charge in [0.05, 0.1) is 5.34 Å². The van der Waals surface area contributed by atoms with Crippen LogP contribution in [0.4, 0.5) is 5.95 Å². The quantitative estimate of drug-likeness (QED) is 0.561. The number of fused-ring (bicyclic) bond motifs is 1. The lowest BCUT2D eigenvalue weighted by atomic mass is 9.90. The van der Waals surface area contributed by atoms with Gasteiger partial charge in [0.25, 0.3) is 5.56 Å². The summed E-state index contributed by atoms with van der Waals surface area (Å²) in [5.41, 5.74) is 7.70. The van der Waals surface area contributed by atoms with Crippen LogP contribution in [0.1, 0.15) is 39.5 Å². The number of likely N-dealkylation sites (N-methyl/N-ethyl adjacent to an activating group) is 1. The minimum Gasteiger partial charge on any atom is -0.341 e. The van der Waals surface area contributed by atoms with Crippen molar-refractivity contribution < 1.29 is 0 Å². The van der Waals surface area contributed by atoms with E-state index in [1.807, 2.05) is 25.5 Å². The third-order valence-corrected chi connectivity index (χ3v) is 5.60. The maximum atomic E-state index is 12.9. The lowest BCUT2D eigenvalue weighted by Gasteiger charge is -2.36. The molecule has 1 fully saturated rings. The minimum atomic E-state index is -0.372. The fourth-order valence-corrected chi connectivity index (χ4v) is 3.92. The molecule has 10 heteroatoms. The maximum absolute atomic E-state index is 12.9. The predicted octanol–water partition coefficient (Wildman–Crippen LogP) is 2.53. The summed E-state index contributed by atoms with van der Waals surface area (Å²) in [6.45, 7) is 4.56. The number of anilines is 1. The number of rotatable bonds is 4. The number of allylic oxidation sites excluding steroid dienone is 2. The molecule has 0 amide bonds. The Labute approximate surface area is 186 Å². The number of aromatic nitrogens is 4. The van der Waals surface area contributed by atoms with E-state index in [0.29, 0.717) is 23.7 Å². The van der Waals surface area contributed by atoms with Gasteiger partial charge in [-0.05, 0) is 26.7 Å². The molecule has 0 bridgehead atoms. The van der Waals surface area contributed by atoms with Crippen LogP contribution in [-0.2, 0) is 20.6 Å². The summed E-state index contributed by atoms with van der Waals surface area (Å²) in [6.07, 6.45) is 6.33. The summed E-state index contributed by atoms with van der Waals surface area (Å²) >= 11 is 9.53. The number of alkyl halides is 2. The van der Waals surface area contributed by atoms with Gasteiger partial charge in [-0.15, -0.1) is 23.2 Å². The van der Waals surface area contributed by atoms with E-state index in [4.69, 9.17) is 33.9 Å². The first-order chi connectivity index (χ1) is 14.1. The van der Waals surface area contributed by atoms with E-state index in [0.717, 1.165) is 35.8 Å². The molecule has 0 saturated heterocycles. The van der Waals surface area contributed by atoms with Crippen LogP contribution in [0.25, 0.3) is 11.2 Å². The van der Waals surface area contributed by atoms with Gasteiger partial charge in [0, 0.05) is 39.8 Å². The Kier molecular flexibility index (Phi) is 8.58. The van der Waals surface area contributed by atoms with Crippen molar-refractivity contribution in [1.82, 2.24) is 18.7 Å². The molecule has 2 atom stereocenters. The number of nitrogens with zero attached hydrogens (tertiary/aromatic N) is 5. The summed E-state index contributed by atoms with van der Waals surface area (Å²) in [7, 11) is 5.14. The number of halogens is 2. The average molecular weight is 459 g/mol. The second kappa shape index (κ2) is 10.5. The third-order valence-electron chi connectivity index (χ3n) is 5.60. The monoisotopic (exact) mass is 458 g/mol. The fraction of sp³-hybridized carbons (Fsp3) is 0.650. The molecule has 2 aromatic rings. The van der Waals surface area contributed by atoms with Crippen molar-refractivity contribution in [2.75, 3.05) is 17.3 Å². The normalized spacial score (nSPS) is 18.7. The molecule has 3 rings (SSSR count). The van der Waals surface area contributed by atoms with Gasteiger partial charge in [0.1, 0.15) is 0 Å². The maximum Gasteiger partial charge on any atom is 0.332 e. The summed E-state index contributed by atoms with van der Waals surface area (Å²) in [5, 5.41) is 0.194. The molecule has 2 N–H and O–H groups in total. The second-order valence-corrected chi connectivity index (χ2v) is 8.72. The van der Waals surface area contributed by atoms with Crippen molar-refractivity contribution in [1.29, 1.82) is 0 Å². The molecule has 30 heavy (non-hydrogen) atoms. The minimum absolute atomic E-state index is 0.0760. The third kappa shape index (κ3) is 4.92. The van der Waals surface area contributed by atoms with E-state index in [1.54, 1.807) is 7.05 Å². The van der Waals surface area contributed by atoms with E-state index < -0.39 is 0 Å². The first-order valence-corrected chi connectivity index (χ1v) is 11.1. The highest BCUT2D eigenvalue weighted by atomic mass is 35.5. The smallest absolute Gasteiger partial charge is 0.332 e. The van der Waals surface area contributed by atoms with E-state index in [9.17, 15) is 9.59 Å². The predicted molar refractivity (Wildman–Crippen MR) is 125 cm³/mol. The first kappa shape index (κ1) is 24.5. The number of aryl methyl sites for hydroxylation is 1. The molecule has 0 aliphatic heterocycles. The molecular formula is C20H32Cl2N6O2. The van der Waals surface area contributed by atoms with Crippen LogP contribution in [-0.4, -0.2) is 43.2 Å². The molecular weight excluding hydrogens is 427 g/mol. The zero-order valence-electron chi connectivity index (χ0n) is 18.4. The van der Waals surface area contributed by atoms with Crippen LogP contribution in [0.5, 0.6) is 0 Å². The van der Waals surface area contributed by atoms with Gasteiger partial charge >= 0.3 is 5.69 Å². The molecule has 0 spiro atoms. The van der Waals surface area contributed by atoms with Gasteiger partial charge in [-0.2, -0.15) is 4.98 Å². The Bertz CT molecular complexity index is 1020.